The Bertz CT molecular complexity index is 997. The highest BCUT2D eigenvalue weighted by molar-refractivity contribution is 9.10. The summed E-state index contributed by atoms with van der Waals surface area (Å²) in [6, 6.07) is 11.7. The summed E-state index contributed by atoms with van der Waals surface area (Å²) in [5.74, 6) is -0.138. The lowest BCUT2D eigenvalue weighted by Crippen LogP contribution is -2.38. The molecule has 1 heterocycles. The van der Waals surface area contributed by atoms with Crippen LogP contribution >= 0.6 is 15.9 Å². The van der Waals surface area contributed by atoms with Gasteiger partial charge in [0.1, 0.15) is 5.69 Å². The molecule has 0 amide bonds. The third-order valence-corrected chi connectivity index (χ3v) is 5.48. The number of esters is 1. The van der Waals surface area contributed by atoms with Crippen LogP contribution in [0.25, 0.3) is 0 Å². The van der Waals surface area contributed by atoms with Gasteiger partial charge in [-0.2, -0.15) is 5.26 Å². The second kappa shape index (κ2) is 9.59. The third kappa shape index (κ3) is 4.71. The zero-order chi connectivity index (χ0) is 21.7. The molecule has 0 atom stereocenters. The van der Waals surface area contributed by atoms with Crippen LogP contribution in [0, 0.1) is 27.4 Å². The Balaban J connectivity index is 1.70. The van der Waals surface area contributed by atoms with Gasteiger partial charge < -0.3 is 14.4 Å². The van der Waals surface area contributed by atoms with Crippen molar-refractivity contribution in [3.63, 3.8) is 0 Å². The lowest BCUT2D eigenvalue weighted by Gasteiger charge is -2.32. The topological polar surface area (TPSA) is 106 Å². The first-order chi connectivity index (χ1) is 14.4. The predicted molar refractivity (Wildman–Crippen MR) is 114 cm³/mol. The molecule has 0 aromatic heterocycles. The quantitative estimate of drug-likeness (QED) is 0.264. The number of hydrogen-bond acceptors (Lipinski definition) is 7. The van der Waals surface area contributed by atoms with E-state index in [1.54, 1.807) is 31.2 Å². The van der Waals surface area contributed by atoms with E-state index < -0.39 is 4.92 Å². The number of anilines is 1. The van der Waals surface area contributed by atoms with Crippen molar-refractivity contribution in [1.82, 2.24) is 0 Å². The highest BCUT2D eigenvalue weighted by atomic mass is 79.9. The highest BCUT2D eigenvalue weighted by Gasteiger charge is 2.30. The maximum absolute atomic E-state index is 12.8. The monoisotopic (exact) mass is 473 g/mol. The average molecular weight is 474 g/mol. The zero-order valence-electron chi connectivity index (χ0n) is 16.3. The minimum atomic E-state index is -0.395. The van der Waals surface area contributed by atoms with Gasteiger partial charge in [-0.15, -0.1) is 0 Å². The number of halogens is 1. The SMILES string of the molecule is CCOc1cc(C#N)cc(Br)c1OC(=O)C1CCN(c2ccccc2[N+](=O)[O-])CC1. The number of piperidine rings is 1. The van der Waals surface area contributed by atoms with Gasteiger partial charge in [-0.05, 0) is 47.8 Å². The zero-order valence-corrected chi connectivity index (χ0v) is 17.9. The molecule has 1 fully saturated rings. The molecule has 0 spiro atoms. The van der Waals surface area contributed by atoms with E-state index in [1.165, 1.54) is 12.1 Å². The van der Waals surface area contributed by atoms with E-state index in [4.69, 9.17) is 14.7 Å². The van der Waals surface area contributed by atoms with Crippen LogP contribution in [0.4, 0.5) is 11.4 Å². The van der Waals surface area contributed by atoms with E-state index in [9.17, 15) is 14.9 Å². The molecule has 3 rings (SSSR count). The number of nitro groups is 1. The van der Waals surface area contributed by atoms with Crippen molar-refractivity contribution < 1.29 is 19.2 Å². The van der Waals surface area contributed by atoms with Gasteiger partial charge in [0.15, 0.2) is 11.5 Å². The molecular formula is C21H20BrN3O5. The lowest BCUT2D eigenvalue weighted by molar-refractivity contribution is -0.384. The number of carbonyl (C=O) groups is 1. The molecule has 156 valence electrons. The van der Waals surface area contributed by atoms with Gasteiger partial charge in [-0.25, -0.2) is 0 Å². The van der Waals surface area contributed by atoms with Crippen LogP contribution in [0.3, 0.4) is 0 Å². The van der Waals surface area contributed by atoms with Crippen molar-refractivity contribution in [2.75, 3.05) is 24.6 Å². The van der Waals surface area contributed by atoms with Crippen LogP contribution in [-0.2, 0) is 4.79 Å². The van der Waals surface area contributed by atoms with Gasteiger partial charge in [0.2, 0.25) is 0 Å². The van der Waals surface area contributed by atoms with E-state index in [0.717, 1.165) is 0 Å². The molecule has 9 heteroatoms. The minimum Gasteiger partial charge on any atom is -0.490 e. The molecule has 1 aliphatic rings. The van der Waals surface area contributed by atoms with Gasteiger partial charge in [0.05, 0.1) is 33.6 Å². The van der Waals surface area contributed by atoms with Crippen LogP contribution in [0.1, 0.15) is 25.3 Å². The van der Waals surface area contributed by atoms with Crippen molar-refractivity contribution in [3.05, 3.63) is 56.5 Å². The molecule has 0 aliphatic carbocycles. The van der Waals surface area contributed by atoms with Crippen molar-refractivity contribution in [2.24, 2.45) is 5.92 Å². The van der Waals surface area contributed by atoms with Crippen LogP contribution in [0.5, 0.6) is 11.5 Å². The number of nitriles is 1. The first-order valence-corrected chi connectivity index (χ1v) is 10.3. The Morgan fingerprint density at radius 1 is 1.33 bits per heavy atom. The molecule has 2 aromatic rings. The average Bonchev–Trinajstić information content (AvgIpc) is 2.76. The van der Waals surface area contributed by atoms with E-state index in [2.05, 4.69) is 15.9 Å². The maximum Gasteiger partial charge on any atom is 0.314 e. The summed E-state index contributed by atoms with van der Waals surface area (Å²) >= 11 is 3.34. The van der Waals surface area contributed by atoms with E-state index >= 15 is 0 Å². The van der Waals surface area contributed by atoms with Crippen molar-refractivity contribution in [1.29, 1.82) is 5.26 Å². The standard InChI is InChI=1S/C21H20BrN3O5/c1-2-29-19-12-14(13-23)11-16(22)20(19)30-21(26)15-7-9-24(10-8-15)17-5-3-4-6-18(17)25(27)28/h3-6,11-12,15H,2,7-10H2,1H3. The van der Waals surface area contributed by atoms with E-state index in [1.807, 2.05) is 11.0 Å². The molecule has 0 N–H and O–H groups in total. The number of ether oxygens (including phenoxy) is 2. The van der Waals surface area contributed by atoms with Crippen molar-refractivity contribution >= 4 is 33.3 Å². The second-order valence-corrected chi connectivity index (χ2v) is 7.61. The maximum atomic E-state index is 12.8. The molecule has 8 nitrogen and oxygen atoms in total. The fourth-order valence-corrected chi connectivity index (χ4v) is 3.94. The lowest BCUT2D eigenvalue weighted by atomic mass is 9.96. The number of benzene rings is 2. The molecule has 0 bridgehead atoms. The number of nitrogens with zero attached hydrogens (tertiary/aromatic N) is 3. The Morgan fingerprint density at radius 2 is 2.03 bits per heavy atom. The van der Waals surface area contributed by atoms with Crippen LogP contribution in [-0.4, -0.2) is 30.6 Å². The molecular weight excluding hydrogens is 454 g/mol. The second-order valence-electron chi connectivity index (χ2n) is 6.76. The minimum absolute atomic E-state index is 0.0568. The number of rotatable bonds is 6. The van der Waals surface area contributed by atoms with Gasteiger partial charge >= 0.3 is 5.97 Å². The predicted octanol–water partition coefficient (Wildman–Crippen LogP) is 4.45. The smallest absolute Gasteiger partial charge is 0.314 e. The van der Waals surface area contributed by atoms with Gasteiger partial charge in [-0.3, -0.25) is 14.9 Å². The summed E-state index contributed by atoms with van der Waals surface area (Å²) < 4.78 is 11.6. The fourth-order valence-electron chi connectivity index (χ4n) is 3.42. The molecule has 0 saturated carbocycles. The summed E-state index contributed by atoms with van der Waals surface area (Å²) in [7, 11) is 0. The van der Waals surface area contributed by atoms with Crippen molar-refractivity contribution in [3.8, 4) is 17.6 Å². The molecule has 0 unspecified atom stereocenters. The number of carbonyl (C=O) groups excluding carboxylic acids is 1. The van der Waals surface area contributed by atoms with Crippen molar-refractivity contribution in [2.45, 2.75) is 19.8 Å². The number of hydrogen-bond donors (Lipinski definition) is 0. The highest BCUT2D eigenvalue weighted by Crippen LogP contribution is 2.38. The van der Waals surface area contributed by atoms with Crippen LogP contribution in [0.2, 0.25) is 0 Å². The Morgan fingerprint density at radius 3 is 2.67 bits per heavy atom. The largest absolute Gasteiger partial charge is 0.490 e. The Kier molecular flexibility index (Phi) is 6.90. The summed E-state index contributed by atoms with van der Waals surface area (Å²) in [6.07, 6.45) is 1.03. The number of nitro benzene ring substituents is 1. The summed E-state index contributed by atoms with van der Waals surface area (Å²) in [4.78, 5) is 25.6. The molecule has 30 heavy (non-hydrogen) atoms. The van der Waals surface area contributed by atoms with Crippen LogP contribution < -0.4 is 14.4 Å². The molecule has 0 radical (unpaired) electrons. The number of para-hydroxylation sites is 2. The Hall–Kier alpha value is -3.12. The summed E-state index contributed by atoms with van der Waals surface area (Å²) in [5, 5.41) is 20.4. The fraction of sp³-hybridized carbons (Fsp3) is 0.333. The molecule has 1 saturated heterocycles. The summed E-state index contributed by atoms with van der Waals surface area (Å²) in [5.41, 5.74) is 1.01. The van der Waals surface area contributed by atoms with E-state index in [-0.39, 0.29) is 23.3 Å². The van der Waals surface area contributed by atoms with Gasteiger partial charge in [0, 0.05) is 25.2 Å². The first kappa shape index (κ1) is 21.6. The summed E-state index contributed by atoms with van der Waals surface area (Å²) in [6.45, 7) is 3.19. The van der Waals surface area contributed by atoms with Crippen LogP contribution in [0.15, 0.2) is 40.9 Å². The normalized spacial score (nSPS) is 14.1. The van der Waals surface area contributed by atoms with Gasteiger partial charge in [0.25, 0.3) is 5.69 Å². The van der Waals surface area contributed by atoms with Gasteiger partial charge in [-0.1, -0.05) is 12.1 Å². The Labute approximate surface area is 182 Å². The third-order valence-electron chi connectivity index (χ3n) is 4.89. The molecule has 1 aliphatic heterocycles. The molecule has 2 aromatic carbocycles. The van der Waals surface area contributed by atoms with E-state index in [0.29, 0.717) is 54.0 Å². The first-order valence-electron chi connectivity index (χ1n) is 9.51.